The normalized spacial score (nSPS) is 12.8. The van der Waals surface area contributed by atoms with Crippen LogP contribution in [0.2, 0.25) is 0 Å². The maximum absolute atomic E-state index is 6.73. The molecule has 0 aliphatic heterocycles. The number of thiophene rings is 1. The Bertz CT molecular complexity index is 791. The summed E-state index contributed by atoms with van der Waals surface area (Å²) in [6.07, 6.45) is 0.868. The number of fused-ring (bicyclic) bond motifs is 1. The van der Waals surface area contributed by atoms with Gasteiger partial charge in [-0.1, -0.05) is 35.9 Å². The molecule has 0 bridgehead atoms. The molecule has 1 unspecified atom stereocenters. The lowest BCUT2D eigenvalue weighted by Crippen LogP contribution is -1.98. The van der Waals surface area contributed by atoms with E-state index in [0.717, 1.165) is 10.9 Å². The summed E-state index contributed by atoms with van der Waals surface area (Å²) < 4.78 is 2.42. The summed E-state index contributed by atoms with van der Waals surface area (Å²) in [4.78, 5) is 0. The average molecular weight is 380 g/mol. The van der Waals surface area contributed by atoms with E-state index in [1.807, 2.05) is 0 Å². The zero-order valence-corrected chi connectivity index (χ0v) is 15.1. The van der Waals surface area contributed by atoms with Crippen LogP contribution in [0.25, 0.3) is 10.1 Å². The topological polar surface area (TPSA) is 0 Å². The quantitative estimate of drug-likeness (QED) is 0.439. The summed E-state index contributed by atoms with van der Waals surface area (Å²) >= 11 is 12.1. The molecule has 0 saturated carbocycles. The van der Waals surface area contributed by atoms with Crippen LogP contribution in [-0.4, -0.2) is 0 Å². The lowest BCUT2D eigenvalue weighted by molar-refractivity contribution is 0.920. The first-order valence-electron chi connectivity index (χ1n) is 6.92. The monoisotopic (exact) mass is 378 g/mol. The number of halogens is 2. The molecule has 0 nitrogen and oxygen atoms in total. The van der Waals surface area contributed by atoms with Gasteiger partial charge in [0.25, 0.3) is 0 Å². The Morgan fingerprint density at radius 3 is 2.81 bits per heavy atom. The first-order valence-corrected chi connectivity index (χ1v) is 9.03. The van der Waals surface area contributed by atoms with Gasteiger partial charge in [-0.2, -0.15) is 0 Å². The Morgan fingerprint density at radius 1 is 1.19 bits per heavy atom. The van der Waals surface area contributed by atoms with Crippen LogP contribution >= 0.6 is 38.9 Å². The van der Waals surface area contributed by atoms with Crippen LogP contribution in [0.5, 0.6) is 0 Å². The van der Waals surface area contributed by atoms with E-state index in [4.69, 9.17) is 11.6 Å². The van der Waals surface area contributed by atoms with Crippen LogP contribution in [0.1, 0.15) is 27.6 Å². The lowest BCUT2D eigenvalue weighted by Gasteiger charge is -2.12. The third-order valence-electron chi connectivity index (χ3n) is 3.82. The second kappa shape index (κ2) is 6.12. The molecule has 1 heterocycles. The van der Waals surface area contributed by atoms with E-state index < -0.39 is 0 Å². The predicted molar refractivity (Wildman–Crippen MR) is 97.7 cm³/mol. The van der Waals surface area contributed by atoms with Gasteiger partial charge >= 0.3 is 0 Å². The van der Waals surface area contributed by atoms with E-state index in [-0.39, 0.29) is 5.38 Å². The third kappa shape index (κ3) is 3.03. The Hall–Kier alpha value is -0.830. The second-order valence-electron chi connectivity index (χ2n) is 5.41. The van der Waals surface area contributed by atoms with Gasteiger partial charge in [-0.15, -0.1) is 22.9 Å². The van der Waals surface area contributed by atoms with E-state index in [9.17, 15) is 0 Å². The molecule has 0 N–H and O–H groups in total. The SMILES string of the molecule is Cc1ccc(C)c(CC(Cl)c2csc3c(Br)cccc23)c1. The van der Waals surface area contributed by atoms with Crippen LogP contribution in [0.3, 0.4) is 0 Å². The molecule has 0 aliphatic rings. The third-order valence-corrected chi connectivity index (χ3v) is 6.18. The Morgan fingerprint density at radius 2 is 2.00 bits per heavy atom. The van der Waals surface area contributed by atoms with E-state index >= 15 is 0 Å². The Labute approximate surface area is 142 Å². The summed E-state index contributed by atoms with van der Waals surface area (Å²) in [5.41, 5.74) is 5.17. The van der Waals surface area contributed by atoms with Gasteiger partial charge < -0.3 is 0 Å². The molecule has 21 heavy (non-hydrogen) atoms. The molecule has 2 aromatic carbocycles. The largest absolute Gasteiger partial charge is 0.142 e. The molecule has 3 rings (SSSR count). The van der Waals surface area contributed by atoms with Crippen LogP contribution in [0, 0.1) is 13.8 Å². The highest BCUT2D eigenvalue weighted by Gasteiger charge is 2.16. The molecule has 0 saturated heterocycles. The highest BCUT2D eigenvalue weighted by molar-refractivity contribution is 9.10. The van der Waals surface area contributed by atoms with Gasteiger partial charge in [-0.05, 0) is 69.7 Å². The summed E-state index contributed by atoms with van der Waals surface area (Å²) in [6.45, 7) is 4.28. The molecule has 0 aliphatic carbocycles. The van der Waals surface area contributed by atoms with Crippen molar-refractivity contribution in [2.75, 3.05) is 0 Å². The molecule has 0 radical (unpaired) electrons. The van der Waals surface area contributed by atoms with Gasteiger partial charge in [0.2, 0.25) is 0 Å². The number of benzene rings is 2. The minimum atomic E-state index is 0.00792. The van der Waals surface area contributed by atoms with Crippen molar-refractivity contribution in [2.24, 2.45) is 0 Å². The molecular formula is C18H16BrClS. The number of alkyl halides is 1. The summed E-state index contributed by atoms with van der Waals surface area (Å²) in [5.74, 6) is 0. The molecule has 1 atom stereocenters. The summed E-state index contributed by atoms with van der Waals surface area (Å²) in [5, 5.41) is 3.46. The van der Waals surface area contributed by atoms with Gasteiger partial charge in [-0.25, -0.2) is 0 Å². The zero-order valence-electron chi connectivity index (χ0n) is 12.0. The van der Waals surface area contributed by atoms with Crippen LogP contribution < -0.4 is 0 Å². The van der Waals surface area contributed by atoms with E-state index in [0.29, 0.717) is 0 Å². The number of hydrogen-bond donors (Lipinski definition) is 0. The van der Waals surface area contributed by atoms with Crippen LogP contribution in [0.4, 0.5) is 0 Å². The first kappa shape index (κ1) is 15.1. The average Bonchev–Trinajstić information content (AvgIpc) is 2.88. The standard InChI is InChI=1S/C18H16BrClS/c1-11-6-7-12(2)13(8-11)9-17(20)15-10-21-18-14(15)4-3-5-16(18)19/h3-8,10,17H,9H2,1-2H3. The van der Waals surface area contributed by atoms with Crippen molar-refractivity contribution >= 4 is 49.0 Å². The van der Waals surface area contributed by atoms with E-state index in [1.54, 1.807) is 11.3 Å². The molecular weight excluding hydrogens is 364 g/mol. The van der Waals surface area contributed by atoms with E-state index in [1.165, 1.54) is 32.3 Å². The van der Waals surface area contributed by atoms with Crippen molar-refractivity contribution in [3.63, 3.8) is 0 Å². The van der Waals surface area contributed by atoms with Gasteiger partial charge in [0, 0.05) is 9.17 Å². The molecule has 3 aromatic rings. The molecule has 0 amide bonds. The fourth-order valence-corrected chi connectivity index (χ4v) is 4.71. The van der Waals surface area contributed by atoms with Crippen molar-refractivity contribution in [2.45, 2.75) is 25.6 Å². The molecule has 0 fully saturated rings. The molecule has 3 heteroatoms. The first-order chi connectivity index (χ1) is 10.1. The van der Waals surface area contributed by atoms with Gasteiger partial charge in [0.1, 0.15) is 0 Å². The highest BCUT2D eigenvalue weighted by Crippen LogP contribution is 2.38. The number of aryl methyl sites for hydroxylation is 2. The lowest BCUT2D eigenvalue weighted by atomic mass is 9.98. The summed E-state index contributed by atoms with van der Waals surface area (Å²) in [7, 11) is 0. The van der Waals surface area contributed by atoms with Crippen LogP contribution in [-0.2, 0) is 6.42 Å². The molecule has 108 valence electrons. The number of hydrogen-bond acceptors (Lipinski definition) is 1. The predicted octanol–water partition coefficient (Wildman–Crippen LogP) is 6.80. The molecule has 0 spiro atoms. The van der Waals surface area contributed by atoms with Crippen LogP contribution in [0.15, 0.2) is 46.3 Å². The summed E-state index contributed by atoms with van der Waals surface area (Å²) in [6, 6.07) is 12.9. The van der Waals surface area contributed by atoms with Gasteiger partial charge in [0.15, 0.2) is 0 Å². The smallest absolute Gasteiger partial charge is 0.0639 e. The van der Waals surface area contributed by atoms with E-state index in [2.05, 4.69) is 71.6 Å². The second-order valence-corrected chi connectivity index (χ2v) is 7.67. The van der Waals surface area contributed by atoms with Crippen molar-refractivity contribution in [3.05, 3.63) is 68.5 Å². The highest BCUT2D eigenvalue weighted by atomic mass is 79.9. The maximum atomic E-state index is 6.73. The minimum absolute atomic E-state index is 0.00792. The van der Waals surface area contributed by atoms with Crippen molar-refractivity contribution < 1.29 is 0 Å². The van der Waals surface area contributed by atoms with Crippen molar-refractivity contribution in [1.29, 1.82) is 0 Å². The fraction of sp³-hybridized carbons (Fsp3) is 0.222. The Kier molecular flexibility index (Phi) is 4.39. The zero-order chi connectivity index (χ0) is 15.0. The van der Waals surface area contributed by atoms with Crippen molar-refractivity contribution in [3.8, 4) is 0 Å². The van der Waals surface area contributed by atoms with Gasteiger partial charge in [-0.3, -0.25) is 0 Å². The minimum Gasteiger partial charge on any atom is -0.142 e. The molecule has 1 aromatic heterocycles. The van der Waals surface area contributed by atoms with Gasteiger partial charge in [0.05, 0.1) is 5.38 Å². The van der Waals surface area contributed by atoms with Crippen molar-refractivity contribution in [1.82, 2.24) is 0 Å². The maximum Gasteiger partial charge on any atom is 0.0639 e. The Balaban J connectivity index is 1.96. The fourth-order valence-electron chi connectivity index (χ4n) is 2.61. The number of rotatable bonds is 3.